The zero-order valence-corrected chi connectivity index (χ0v) is 21.6. The van der Waals surface area contributed by atoms with Crippen molar-refractivity contribution >= 4 is 11.7 Å². The van der Waals surface area contributed by atoms with Gasteiger partial charge in [-0.3, -0.25) is 4.79 Å². The van der Waals surface area contributed by atoms with Crippen molar-refractivity contribution in [3.63, 3.8) is 0 Å². The molecular formula is C26H37F3N4O4. The number of halogens is 3. The van der Waals surface area contributed by atoms with Gasteiger partial charge >= 0.3 is 6.18 Å². The maximum absolute atomic E-state index is 14.1. The number of aliphatic hydroxyl groups is 1. The number of nitrogens with one attached hydrogen (secondary N) is 1. The van der Waals surface area contributed by atoms with Crippen LogP contribution in [0.4, 0.5) is 19.0 Å². The second-order valence-electron chi connectivity index (χ2n) is 11.3. The van der Waals surface area contributed by atoms with Crippen molar-refractivity contribution in [2.45, 2.75) is 82.1 Å². The van der Waals surface area contributed by atoms with Crippen LogP contribution >= 0.6 is 0 Å². The summed E-state index contributed by atoms with van der Waals surface area (Å²) in [5.74, 6) is 0.337. The molecule has 4 heterocycles. The minimum atomic E-state index is -4.47. The Hall–Kier alpha value is -1.95. The standard InChI is InChI=1S/C26H37F3N4O4/c1-15(2)25(7-4-17(11-25)31-18-6-9-37-14-21(18)36-3)24(35)33-13-19-23(34)20(33)12-32(19)22-10-16(5-8-30-22)26(27,28)29/h5,8,10,15,17-21,23,31,34H,4,6-7,9,11-14H2,1-3H3/t17-,18+,19-,20-,21-,23-,25+/m1/s1. The van der Waals surface area contributed by atoms with Crippen molar-refractivity contribution in [1.82, 2.24) is 15.2 Å². The lowest BCUT2D eigenvalue weighted by Crippen LogP contribution is -2.55. The highest BCUT2D eigenvalue weighted by Gasteiger charge is 2.58. The number of hydrogen-bond acceptors (Lipinski definition) is 7. The molecule has 206 valence electrons. The number of aromatic nitrogens is 1. The molecule has 2 bridgehead atoms. The van der Waals surface area contributed by atoms with Crippen LogP contribution in [0.5, 0.6) is 0 Å². The van der Waals surface area contributed by atoms with Crippen LogP contribution in [-0.4, -0.2) is 90.7 Å². The molecule has 0 radical (unpaired) electrons. The maximum Gasteiger partial charge on any atom is 0.416 e. The van der Waals surface area contributed by atoms with Crippen LogP contribution in [0.2, 0.25) is 0 Å². The normalized spacial score (nSPS) is 36.1. The van der Waals surface area contributed by atoms with E-state index in [4.69, 9.17) is 9.47 Å². The second kappa shape index (κ2) is 9.98. The van der Waals surface area contributed by atoms with Gasteiger partial charge in [-0.05, 0) is 43.7 Å². The summed E-state index contributed by atoms with van der Waals surface area (Å²) in [6.45, 7) is 5.94. The minimum absolute atomic E-state index is 0.0154. The Labute approximate surface area is 215 Å². The number of anilines is 1. The molecule has 4 aliphatic rings. The molecule has 1 saturated carbocycles. The summed E-state index contributed by atoms with van der Waals surface area (Å²) in [4.78, 5) is 21.7. The Morgan fingerprint density at radius 3 is 2.73 bits per heavy atom. The van der Waals surface area contributed by atoms with E-state index in [9.17, 15) is 23.1 Å². The van der Waals surface area contributed by atoms with Crippen LogP contribution in [0.15, 0.2) is 18.3 Å². The minimum Gasteiger partial charge on any atom is -0.389 e. The molecular weight excluding hydrogens is 489 g/mol. The number of methoxy groups -OCH3 is 1. The van der Waals surface area contributed by atoms with Gasteiger partial charge < -0.3 is 29.7 Å². The monoisotopic (exact) mass is 526 g/mol. The molecule has 1 amide bonds. The zero-order valence-electron chi connectivity index (χ0n) is 21.6. The lowest BCUT2D eigenvalue weighted by Gasteiger charge is -2.41. The molecule has 4 fully saturated rings. The van der Waals surface area contributed by atoms with Crippen LogP contribution < -0.4 is 10.2 Å². The molecule has 1 aliphatic carbocycles. The van der Waals surface area contributed by atoms with E-state index in [0.29, 0.717) is 19.6 Å². The molecule has 8 nitrogen and oxygen atoms in total. The molecule has 0 unspecified atom stereocenters. The van der Waals surface area contributed by atoms with Crippen molar-refractivity contribution in [3.05, 3.63) is 23.9 Å². The molecule has 1 aromatic rings. The number of nitrogens with zero attached hydrogens (tertiary/aromatic N) is 3. The van der Waals surface area contributed by atoms with Crippen LogP contribution in [-0.2, 0) is 20.4 Å². The van der Waals surface area contributed by atoms with E-state index in [1.54, 1.807) is 16.9 Å². The largest absolute Gasteiger partial charge is 0.416 e. The number of rotatable bonds is 6. The summed E-state index contributed by atoms with van der Waals surface area (Å²) < 4.78 is 50.8. The van der Waals surface area contributed by atoms with Gasteiger partial charge in [-0.25, -0.2) is 4.98 Å². The van der Waals surface area contributed by atoms with E-state index in [0.717, 1.165) is 37.6 Å². The highest BCUT2D eigenvalue weighted by atomic mass is 19.4. The summed E-state index contributed by atoms with van der Waals surface area (Å²) in [5.41, 5.74) is -1.32. The van der Waals surface area contributed by atoms with Crippen molar-refractivity contribution < 1.29 is 32.5 Å². The number of likely N-dealkylation sites (tertiary alicyclic amines) is 1. The highest BCUT2D eigenvalue weighted by Crippen LogP contribution is 2.48. The molecule has 3 saturated heterocycles. The third-order valence-electron chi connectivity index (χ3n) is 9.12. The van der Waals surface area contributed by atoms with Crippen molar-refractivity contribution in [1.29, 1.82) is 0 Å². The average Bonchev–Trinajstić information content (AvgIpc) is 3.55. The number of aliphatic hydroxyl groups excluding tert-OH is 1. The number of carbonyl (C=O) groups is 1. The van der Waals surface area contributed by atoms with E-state index in [1.807, 2.05) is 0 Å². The van der Waals surface area contributed by atoms with Gasteiger partial charge in [0, 0.05) is 45.1 Å². The fourth-order valence-corrected chi connectivity index (χ4v) is 6.87. The summed E-state index contributed by atoms with van der Waals surface area (Å²) in [6.07, 6.45) is -0.970. The third-order valence-corrected chi connectivity index (χ3v) is 9.12. The van der Waals surface area contributed by atoms with Gasteiger partial charge in [-0.15, -0.1) is 0 Å². The van der Waals surface area contributed by atoms with E-state index in [-0.39, 0.29) is 48.9 Å². The van der Waals surface area contributed by atoms with Crippen LogP contribution in [0.25, 0.3) is 0 Å². The van der Waals surface area contributed by atoms with Crippen molar-refractivity contribution in [3.8, 4) is 0 Å². The van der Waals surface area contributed by atoms with Gasteiger partial charge in [0.2, 0.25) is 5.91 Å². The molecule has 11 heteroatoms. The number of hydrogen-bond donors (Lipinski definition) is 2. The molecule has 7 atom stereocenters. The second-order valence-corrected chi connectivity index (χ2v) is 11.3. The van der Waals surface area contributed by atoms with E-state index >= 15 is 0 Å². The van der Waals surface area contributed by atoms with Gasteiger partial charge in [0.05, 0.1) is 41.9 Å². The first-order chi connectivity index (χ1) is 17.5. The van der Waals surface area contributed by atoms with Gasteiger partial charge in [0.25, 0.3) is 0 Å². The van der Waals surface area contributed by atoms with E-state index in [2.05, 4.69) is 24.1 Å². The van der Waals surface area contributed by atoms with Crippen molar-refractivity contribution in [2.24, 2.45) is 11.3 Å². The number of ether oxygens (including phenoxy) is 2. The molecule has 1 aromatic heterocycles. The fraction of sp³-hybridized carbons (Fsp3) is 0.769. The Balaban J connectivity index is 1.29. The summed E-state index contributed by atoms with van der Waals surface area (Å²) >= 11 is 0. The Kier molecular flexibility index (Phi) is 7.19. The molecule has 3 aliphatic heterocycles. The molecule has 0 aromatic carbocycles. The smallest absolute Gasteiger partial charge is 0.389 e. The average molecular weight is 527 g/mol. The maximum atomic E-state index is 14.1. The zero-order chi connectivity index (χ0) is 26.5. The fourth-order valence-electron chi connectivity index (χ4n) is 6.87. The third kappa shape index (κ3) is 4.72. The Bertz CT molecular complexity index is 995. The van der Waals surface area contributed by atoms with Crippen LogP contribution in [0, 0.1) is 11.3 Å². The quantitative estimate of drug-likeness (QED) is 0.589. The van der Waals surface area contributed by atoms with Gasteiger partial charge in [-0.2, -0.15) is 13.2 Å². The lowest BCUT2D eigenvalue weighted by molar-refractivity contribution is -0.146. The van der Waals surface area contributed by atoms with E-state index < -0.39 is 35.3 Å². The lowest BCUT2D eigenvalue weighted by atomic mass is 9.74. The first-order valence-corrected chi connectivity index (χ1v) is 13.2. The van der Waals surface area contributed by atoms with Gasteiger partial charge in [-0.1, -0.05) is 13.8 Å². The number of amides is 1. The molecule has 37 heavy (non-hydrogen) atoms. The van der Waals surface area contributed by atoms with Gasteiger partial charge in [0.1, 0.15) is 5.82 Å². The van der Waals surface area contributed by atoms with Crippen molar-refractivity contribution in [2.75, 3.05) is 38.3 Å². The number of piperazine rings is 1. The number of carbonyl (C=O) groups excluding carboxylic acids is 1. The topological polar surface area (TPSA) is 87.2 Å². The Morgan fingerprint density at radius 2 is 2.08 bits per heavy atom. The first kappa shape index (κ1) is 26.6. The molecule has 0 spiro atoms. The SMILES string of the molecule is CO[C@@H]1COCC[C@@H]1N[C@@H]1CC[C@@](C(=O)N2C[C@@H]3[C@@H](O)[C@H]2CN3c2cc(C(F)(F)F)ccn2)(C(C)C)C1. The predicted molar refractivity (Wildman–Crippen MR) is 130 cm³/mol. The van der Waals surface area contributed by atoms with Crippen LogP contribution in [0.3, 0.4) is 0 Å². The van der Waals surface area contributed by atoms with Crippen LogP contribution in [0.1, 0.15) is 45.1 Å². The number of fused-ring (bicyclic) bond motifs is 2. The molecule has 2 N–H and O–H groups in total. The molecule has 5 rings (SSSR count). The summed E-state index contributed by atoms with van der Waals surface area (Å²) in [6, 6.07) is 1.38. The number of alkyl halides is 3. The summed E-state index contributed by atoms with van der Waals surface area (Å²) in [5, 5.41) is 14.7. The Morgan fingerprint density at radius 1 is 1.30 bits per heavy atom. The van der Waals surface area contributed by atoms with E-state index in [1.165, 1.54) is 0 Å². The highest BCUT2D eigenvalue weighted by molar-refractivity contribution is 5.85. The predicted octanol–water partition coefficient (Wildman–Crippen LogP) is 2.45. The number of pyridine rings is 1. The summed E-state index contributed by atoms with van der Waals surface area (Å²) in [7, 11) is 1.69. The first-order valence-electron chi connectivity index (χ1n) is 13.2. The van der Waals surface area contributed by atoms with Gasteiger partial charge in [0.15, 0.2) is 0 Å².